The molecular weight excluding hydrogens is 833 g/mol. The number of esters is 8. The summed E-state index contributed by atoms with van der Waals surface area (Å²) in [6, 6.07) is 0. The lowest BCUT2D eigenvalue weighted by molar-refractivity contribution is -0.162. The Morgan fingerprint density at radius 3 is 0.859 bits per heavy atom. The number of ether oxygens (including phenoxy) is 8. The first-order valence-electron chi connectivity index (χ1n) is 20.4. The summed E-state index contributed by atoms with van der Waals surface area (Å²) in [6.45, 7) is 41.4. The Hall–Kier alpha value is -6.32. The Kier molecular flexibility index (Phi) is 38.5. The van der Waals surface area contributed by atoms with E-state index in [0.717, 1.165) is 75.7 Å². The van der Waals surface area contributed by atoms with Crippen LogP contribution < -0.4 is 0 Å². The van der Waals surface area contributed by atoms with Crippen LogP contribution in [0.4, 0.5) is 0 Å². The quantitative estimate of drug-likeness (QED) is 0.0312. The summed E-state index contributed by atoms with van der Waals surface area (Å²) in [6.07, 6.45) is 11.5. The van der Waals surface area contributed by atoms with Crippen LogP contribution in [0.3, 0.4) is 0 Å². The fourth-order valence-corrected chi connectivity index (χ4v) is 4.13. The first kappa shape index (κ1) is 64.3. The first-order valence-corrected chi connectivity index (χ1v) is 20.4. The number of carbonyl (C=O) groups excluding carboxylic acids is 8. The Morgan fingerprint density at radius 1 is 0.391 bits per heavy atom. The van der Waals surface area contributed by atoms with Crippen LogP contribution in [0.25, 0.3) is 0 Å². The minimum Gasteiger partial charge on any atom is -0.462 e. The molecule has 0 saturated carbocycles. The van der Waals surface area contributed by atoms with Gasteiger partial charge < -0.3 is 37.9 Å². The lowest BCUT2D eigenvalue weighted by Crippen LogP contribution is -2.34. The molecule has 0 N–H and O–H groups in total. The Balaban J connectivity index is -0.000000387. The highest BCUT2D eigenvalue weighted by Crippen LogP contribution is 2.31. The van der Waals surface area contributed by atoms with Crippen molar-refractivity contribution < 1.29 is 76.3 Å². The molecular formula is C48H72O16. The van der Waals surface area contributed by atoms with Crippen LogP contribution in [0.2, 0.25) is 0 Å². The molecule has 0 aromatic carbocycles. The molecule has 360 valence electrons. The molecule has 0 aromatic rings. The van der Waals surface area contributed by atoms with E-state index in [1.54, 1.807) is 13.8 Å². The number of hydrogen-bond acceptors (Lipinski definition) is 16. The van der Waals surface area contributed by atoms with E-state index in [-0.39, 0.29) is 48.4 Å². The largest absolute Gasteiger partial charge is 0.462 e. The van der Waals surface area contributed by atoms with Gasteiger partial charge in [-0.1, -0.05) is 106 Å². The Morgan fingerprint density at radius 2 is 0.625 bits per heavy atom. The Labute approximate surface area is 380 Å². The maximum absolute atomic E-state index is 11.6. The highest BCUT2D eigenvalue weighted by molar-refractivity contribution is 5.89. The highest BCUT2D eigenvalue weighted by atomic mass is 16.7. The van der Waals surface area contributed by atoms with Crippen molar-refractivity contribution in [2.24, 2.45) is 10.8 Å². The number of hydrogen-bond donors (Lipinski definition) is 0. The molecule has 0 rings (SSSR count). The summed E-state index contributed by atoms with van der Waals surface area (Å²) >= 11 is 0. The van der Waals surface area contributed by atoms with E-state index in [4.69, 9.17) is 18.9 Å². The zero-order valence-corrected chi connectivity index (χ0v) is 39.4. The monoisotopic (exact) mass is 904 g/mol. The highest BCUT2D eigenvalue weighted by Gasteiger charge is 2.32. The van der Waals surface area contributed by atoms with Crippen LogP contribution in [0.5, 0.6) is 0 Å². The SMILES string of the molecule is C=C(C)C(=O)OCC(CC)(CCCC)COC(=O)C(=C)C.C=C(C)C(=O)OCOC(=O)C(=C)C.C=CC(=O)OCC(CC)(CCCC)COC(=O)C=C.C=CC(=O)OCOC(=O)C=C. The molecule has 64 heavy (non-hydrogen) atoms. The van der Waals surface area contributed by atoms with E-state index in [1.165, 1.54) is 13.8 Å². The minimum absolute atomic E-state index is 0.235. The van der Waals surface area contributed by atoms with Gasteiger partial charge in [-0.05, 0) is 53.4 Å². The number of carbonyl (C=O) groups is 8. The fourth-order valence-electron chi connectivity index (χ4n) is 4.13. The molecule has 0 saturated heterocycles. The van der Waals surface area contributed by atoms with Gasteiger partial charge in [-0.2, -0.15) is 0 Å². The molecule has 0 fully saturated rings. The van der Waals surface area contributed by atoms with Crippen molar-refractivity contribution in [1.82, 2.24) is 0 Å². The molecule has 0 aliphatic heterocycles. The van der Waals surface area contributed by atoms with Crippen molar-refractivity contribution in [2.75, 3.05) is 40.0 Å². The van der Waals surface area contributed by atoms with E-state index in [0.29, 0.717) is 11.1 Å². The van der Waals surface area contributed by atoms with Gasteiger partial charge >= 0.3 is 47.8 Å². The second kappa shape index (κ2) is 38.4. The van der Waals surface area contributed by atoms with Gasteiger partial charge in [0.15, 0.2) is 0 Å². The summed E-state index contributed by atoms with van der Waals surface area (Å²) in [4.78, 5) is 87.7. The Bertz CT molecular complexity index is 1520. The van der Waals surface area contributed by atoms with Gasteiger partial charge in [0.25, 0.3) is 0 Å². The molecule has 16 heteroatoms. The summed E-state index contributed by atoms with van der Waals surface area (Å²) in [7, 11) is 0. The average Bonchev–Trinajstić information content (AvgIpc) is 3.28. The number of rotatable bonds is 28. The fraction of sp³-hybridized carbons (Fsp3) is 0.500. The summed E-state index contributed by atoms with van der Waals surface area (Å²) in [5.41, 5.74) is 0.584. The molecule has 0 amide bonds. The maximum Gasteiger partial charge on any atom is 0.335 e. The lowest BCUT2D eigenvalue weighted by atomic mass is 9.81. The van der Waals surface area contributed by atoms with Crippen molar-refractivity contribution >= 4 is 47.8 Å². The zero-order valence-electron chi connectivity index (χ0n) is 39.4. The predicted octanol–water partition coefficient (Wildman–Crippen LogP) is 8.43. The first-order chi connectivity index (χ1) is 30.0. The molecule has 16 nitrogen and oxygen atoms in total. The van der Waals surface area contributed by atoms with Gasteiger partial charge in [0.1, 0.15) is 26.4 Å². The van der Waals surface area contributed by atoms with E-state index in [1.807, 2.05) is 13.8 Å². The van der Waals surface area contributed by atoms with Crippen LogP contribution in [-0.4, -0.2) is 87.8 Å². The van der Waals surface area contributed by atoms with Gasteiger partial charge in [-0.15, -0.1) is 0 Å². The molecule has 0 unspecified atom stereocenters. The van der Waals surface area contributed by atoms with Crippen molar-refractivity contribution in [3.63, 3.8) is 0 Å². The van der Waals surface area contributed by atoms with Crippen molar-refractivity contribution in [3.05, 3.63) is 99.2 Å². The van der Waals surface area contributed by atoms with Crippen LogP contribution in [0, 0.1) is 10.8 Å². The summed E-state index contributed by atoms with van der Waals surface area (Å²) in [5, 5.41) is 0. The normalized spacial score (nSPS) is 9.88. The summed E-state index contributed by atoms with van der Waals surface area (Å²) in [5.74, 6) is -4.17. The van der Waals surface area contributed by atoms with Crippen LogP contribution >= 0.6 is 0 Å². The predicted molar refractivity (Wildman–Crippen MR) is 242 cm³/mol. The molecule has 0 aliphatic rings. The molecule has 0 atom stereocenters. The van der Waals surface area contributed by atoms with E-state index in [9.17, 15) is 38.4 Å². The summed E-state index contributed by atoms with van der Waals surface area (Å²) < 4.78 is 38.5. The maximum atomic E-state index is 11.6. The van der Waals surface area contributed by atoms with Gasteiger partial charge in [0.2, 0.25) is 13.6 Å². The van der Waals surface area contributed by atoms with Crippen LogP contribution in [-0.2, 0) is 76.3 Å². The van der Waals surface area contributed by atoms with E-state index < -0.39 is 61.3 Å². The van der Waals surface area contributed by atoms with Crippen molar-refractivity contribution in [3.8, 4) is 0 Å². The second-order valence-corrected chi connectivity index (χ2v) is 14.2. The molecule has 0 aromatic heterocycles. The van der Waals surface area contributed by atoms with Crippen molar-refractivity contribution in [1.29, 1.82) is 0 Å². The van der Waals surface area contributed by atoms with Gasteiger partial charge in [0, 0.05) is 57.4 Å². The molecule has 0 radical (unpaired) electrons. The van der Waals surface area contributed by atoms with E-state index >= 15 is 0 Å². The lowest BCUT2D eigenvalue weighted by Gasteiger charge is -2.31. The minimum atomic E-state index is -0.637. The topological polar surface area (TPSA) is 210 Å². The van der Waals surface area contributed by atoms with Gasteiger partial charge in [-0.25, -0.2) is 38.4 Å². The van der Waals surface area contributed by atoms with Gasteiger partial charge in [-0.3, -0.25) is 0 Å². The third-order valence-corrected chi connectivity index (χ3v) is 8.52. The molecule has 0 spiro atoms. The number of unbranched alkanes of at least 4 members (excludes halogenated alkanes) is 2. The van der Waals surface area contributed by atoms with E-state index in [2.05, 4.69) is 85.4 Å². The van der Waals surface area contributed by atoms with Crippen molar-refractivity contribution in [2.45, 2.75) is 107 Å². The second-order valence-electron chi connectivity index (χ2n) is 14.2. The standard InChI is InChI=1S/C17H28O4.C15H24O4.C9H12O4.C7H8O4/c1-7-9-10-17(8-2,11-20-15(18)13(3)4)12-21-16(19)14(5)6;1-5-9-10-15(8-4,11-18-13(16)6-2)12-19-14(17)7-3;1-6(2)8(10)12-5-13-9(11)7(3)4;1-3-6(8)10-5-11-7(9)4-2/h3,5,7-12H2,1-2,4,6H3;6-7H,2-3,5,8-12H2,1,4H3;1,3,5H2,2,4H3;3-4H,1-2,5H2. The smallest absolute Gasteiger partial charge is 0.335 e. The third kappa shape index (κ3) is 34.3. The molecule has 0 heterocycles. The van der Waals surface area contributed by atoms with Crippen LogP contribution in [0.15, 0.2) is 99.2 Å². The van der Waals surface area contributed by atoms with Gasteiger partial charge in [0.05, 0.1) is 0 Å². The molecule has 0 aliphatic carbocycles. The molecule has 0 bridgehead atoms. The third-order valence-electron chi connectivity index (χ3n) is 8.52. The average molecular weight is 905 g/mol. The van der Waals surface area contributed by atoms with Crippen LogP contribution in [0.1, 0.15) is 107 Å². The zero-order chi connectivity index (χ0) is 50.3.